The fourth-order valence-electron chi connectivity index (χ4n) is 12.1. The first kappa shape index (κ1) is 29.4. The summed E-state index contributed by atoms with van der Waals surface area (Å²) in [5, 5.41) is 36.9. The van der Waals surface area contributed by atoms with Crippen molar-refractivity contribution in [2.24, 2.45) is 23.2 Å². The highest BCUT2D eigenvalue weighted by Gasteiger charge is 2.86. The van der Waals surface area contributed by atoms with E-state index >= 15 is 0 Å². The number of hydrogen-bond donors (Lipinski definition) is 4. The molecule has 3 saturated carbocycles. The first-order valence-electron chi connectivity index (χ1n) is 16.6. The number of aliphatic hydroxyl groups excluding tert-OH is 1. The molecule has 0 bridgehead atoms. The summed E-state index contributed by atoms with van der Waals surface area (Å²) < 4.78 is 13.0. The molecule has 8 unspecified atom stereocenters. The Balaban J connectivity index is 0.00000289. The molecule has 7 aliphatic rings. The molecule has 0 radical (unpaired) electrons. The number of allylic oxidation sites excluding steroid dienone is 1. The van der Waals surface area contributed by atoms with Crippen LogP contribution < -0.4 is 0 Å². The molecule has 1 spiro atoms. The number of ether oxygens (including phenoxy) is 2. The first-order valence-corrected chi connectivity index (χ1v) is 16.6. The molecule has 12 atom stereocenters. The quantitative estimate of drug-likeness (QED) is 0.250. The van der Waals surface area contributed by atoms with Crippen molar-refractivity contribution in [3.63, 3.8) is 0 Å². The highest BCUT2D eigenvalue weighted by molar-refractivity contribution is 5.91. The van der Waals surface area contributed by atoms with Crippen LogP contribution in [0.25, 0.3) is 10.9 Å². The lowest BCUT2D eigenvalue weighted by molar-refractivity contribution is -0.265. The topological polar surface area (TPSA) is 98.2 Å². The van der Waals surface area contributed by atoms with Gasteiger partial charge in [0.25, 0.3) is 0 Å². The Morgan fingerprint density at radius 3 is 2.61 bits per heavy atom. The summed E-state index contributed by atoms with van der Waals surface area (Å²) in [5.41, 5.74) is 5.30. The number of H-pyrrole nitrogens is 1. The Kier molecular flexibility index (Phi) is 5.68. The zero-order valence-electron chi connectivity index (χ0n) is 26.3. The van der Waals surface area contributed by atoms with E-state index in [1.807, 2.05) is 20.8 Å². The number of hydrogen-bond acceptors (Lipinski definition) is 5. The van der Waals surface area contributed by atoms with Crippen molar-refractivity contribution in [1.29, 1.82) is 0 Å². The van der Waals surface area contributed by atoms with E-state index in [9.17, 15) is 15.3 Å². The van der Waals surface area contributed by atoms with Crippen LogP contribution in [0.2, 0.25) is 0 Å². The minimum atomic E-state index is -1.12. The van der Waals surface area contributed by atoms with Gasteiger partial charge in [-0.05, 0) is 118 Å². The second kappa shape index (κ2) is 8.49. The largest absolute Gasteiger partial charge is 0.390 e. The number of fused-ring (bicyclic) bond motifs is 11. The Labute approximate surface area is 261 Å². The average Bonchev–Trinajstić information content (AvgIpc) is 3.48. The summed E-state index contributed by atoms with van der Waals surface area (Å²) in [6, 6.07) is 4.54. The molecule has 4 N–H and O–H groups in total. The molecule has 6 heteroatoms. The molecule has 3 heterocycles. The number of rotatable bonds is 2. The lowest BCUT2D eigenvalue weighted by Gasteiger charge is -2.66. The average molecular weight is 602 g/mol. The van der Waals surface area contributed by atoms with Gasteiger partial charge in [0.1, 0.15) is 23.9 Å². The van der Waals surface area contributed by atoms with Gasteiger partial charge in [-0.2, -0.15) is 0 Å². The summed E-state index contributed by atoms with van der Waals surface area (Å²) >= 11 is 0. The molecular weight excluding hydrogens is 550 g/mol. The van der Waals surface area contributed by atoms with Crippen LogP contribution in [0.3, 0.4) is 0 Å². The molecule has 9 rings (SSSR count). The van der Waals surface area contributed by atoms with E-state index < -0.39 is 40.5 Å². The van der Waals surface area contributed by atoms with Crippen molar-refractivity contribution in [2.45, 2.75) is 140 Å². The van der Waals surface area contributed by atoms with Gasteiger partial charge < -0.3 is 29.8 Å². The summed E-state index contributed by atoms with van der Waals surface area (Å²) in [6.45, 7) is 19.1. The highest BCUT2D eigenvalue weighted by Crippen LogP contribution is 2.75. The van der Waals surface area contributed by atoms with Crippen LogP contribution in [0.15, 0.2) is 36.4 Å². The number of aliphatic hydroxyl groups is 3. The SMILES string of the molecule is C.C=C1Cc2ccc3[nH]c4c(c3c2C2C1CC2C(C)(C)O)C[C@@H]1CC[C@@]2(O)C35OC3C(O)C(C(=C)C)OC5CC[C@]2(C)[C@@]41C. The van der Waals surface area contributed by atoms with Crippen LogP contribution in [0.1, 0.15) is 102 Å². The molecule has 2 saturated heterocycles. The number of aromatic nitrogens is 1. The van der Waals surface area contributed by atoms with E-state index in [4.69, 9.17) is 9.47 Å². The second-order valence-corrected chi connectivity index (χ2v) is 16.6. The van der Waals surface area contributed by atoms with Gasteiger partial charge in [-0.1, -0.05) is 46.1 Å². The molecule has 44 heavy (non-hydrogen) atoms. The molecule has 1 aromatic carbocycles. The predicted molar refractivity (Wildman–Crippen MR) is 172 cm³/mol. The molecular formula is C38H51NO5. The molecule has 2 aromatic rings. The smallest absolute Gasteiger partial charge is 0.153 e. The Morgan fingerprint density at radius 1 is 1.16 bits per heavy atom. The van der Waals surface area contributed by atoms with E-state index in [-0.39, 0.29) is 24.9 Å². The van der Waals surface area contributed by atoms with Gasteiger partial charge >= 0.3 is 0 Å². The molecule has 1 aromatic heterocycles. The summed E-state index contributed by atoms with van der Waals surface area (Å²) in [6.07, 6.45) is 4.13. The fourth-order valence-corrected chi connectivity index (χ4v) is 12.1. The van der Waals surface area contributed by atoms with E-state index in [2.05, 4.69) is 44.1 Å². The van der Waals surface area contributed by atoms with Crippen LogP contribution in [0.4, 0.5) is 0 Å². The minimum Gasteiger partial charge on any atom is -0.390 e. The van der Waals surface area contributed by atoms with Gasteiger partial charge in [-0.25, -0.2) is 0 Å². The molecule has 6 nitrogen and oxygen atoms in total. The number of nitrogens with one attached hydrogen (secondary N) is 1. The van der Waals surface area contributed by atoms with Crippen molar-refractivity contribution >= 4 is 10.9 Å². The number of benzene rings is 1. The predicted octanol–water partition coefficient (Wildman–Crippen LogP) is 6.00. The van der Waals surface area contributed by atoms with Crippen LogP contribution in [-0.2, 0) is 27.7 Å². The molecule has 5 aliphatic carbocycles. The van der Waals surface area contributed by atoms with E-state index in [0.29, 0.717) is 24.2 Å². The van der Waals surface area contributed by atoms with Gasteiger partial charge in [-0.3, -0.25) is 0 Å². The van der Waals surface area contributed by atoms with Crippen molar-refractivity contribution in [2.75, 3.05) is 0 Å². The lowest BCUT2D eigenvalue weighted by Crippen LogP contribution is -2.76. The number of epoxide rings is 1. The Bertz CT molecular complexity index is 1630. The van der Waals surface area contributed by atoms with Crippen LogP contribution in [0, 0.1) is 23.2 Å². The molecule has 238 valence electrons. The zero-order valence-corrected chi connectivity index (χ0v) is 26.3. The van der Waals surface area contributed by atoms with Gasteiger partial charge in [0.15, 0.2) is 5.60 Å². The van der Waals surface area contributed by atoms with Gasteiger partial charge in [0.2, 0.25) is 0 Å². The van der Waals surface area contributed by atoms with Crippen molar-refractivity contribution in [3.8, 4) is 0 Å². The maximum Gasteiger partial charge on any atom is 0.153 e. The van der Waals surface area contributed by atoms with E-state index in [0.717, 1.165) is 44.1 Å². The fraction of sp³-hybridized carbons (Fsp3) is 0.684. The monoisotopic (exact) mass is 601 g/mol. The molecule has 2 aliphatic heterocycles. The third-order valence-electron chi connectivity index (χ3n) is 14.6. The Morgan fingerprint density at radius 2 is 1.91 bits per heavy atom. The summed E-state index contributed by atoms with van der Waals surface area (Å²) in [7, 11) is 0. The standard InChI is InChI=1S/C37H47NO5.CH4/c1-17(2)30-29(39)32-37(43-32)25(42-30)11-12-34(6)35(7)20(10-13-36(34,37)41)15-22-28-24(38-31(22)35)9-8-19-14-18(3)21-16-23(33(4,5)40)27(21)26(19)28;/h8-9,20-21,23,25,27,29-30,32,38-41H,1,3,10-16H2,2,4-7H3;1H4/t20-,21?,23?,25?,27?,29?,30?,32?,34+,35+,36-,37?;/m0./s1. The Hall–Kier alpha value is -1.96. The highest BCUT2D eigenvalue weighted by atomic mass is 16.7. The summed E-state index contributed by atoms with van der Waals surface area (Å²) in [4.78, 5) is 3.97. The lowest BCUT2D eigenvalue weighted by atomic mass is 9.40. The van der Waals surface area contributed by atoms with Crippen LogP contribution >= 0.6 is 0 Å². The second-order valence-electron chi connectivity index (χ2n) is 16.6. The van der Waals surface area contributed by atoms with Crippen molar-refractivity contribution in [3.05, 3.63) is 58.8 Å². The van der Waals surface area contributed by atoms with Crippen molar-refractivity contribution in [1.82, 2.24) is 4.98 Å². The summed E-state index contributed by atoms with van der Waals surface area (Å²) in [5.74, 6) is 1.34. The van der Waals surface area contributed by atoms with Gasteiger partial charge in [0, 0.05) is 27.4 Å². The zero-order chi connectivity index (χ0) is 30.2. The molecule has 5 fully saturated rings. The maximum absolute atomic E-state index is 13.0. The number of aromatic amines is 1. The van der Waals surface area contributed by atoms with Gasteiger partial charge in [-0.15, -0.1) is 0 Å². The third kappa shape index (κ3) is 2.98. The van der Waals surface area contributed by atoms with E-state index in [1.54, 1.807) is 0 Å². The normalized spacial score (nSPS) is 48.0. The van der Waals surface area contributed by atoms with Gasteiger partial charge in [0.05, 0.1) is 11.7 Å². The van der Waals surface area contributed by atoms with Crippen LogP contribution in [0.5, 0.6) is 0 Å². The molecule has 0 amide bonds. The van der Waals surface area contributed by atoms with Crippen LogP contribution in [-0.4, -0.2) is 61.5 Å². The first-order chi connectivity index (χ1) is 20.2. The van der Waals surface area contributed by atoms with Crippen molar-refractivity contribution < 1.29 is 24.8 Å². The maximum atomic E-state index is 13.0. The minimum absolute atomic E-state index is 0. The van der Waals surface area contributed by atoms with E-state index in [1.165, 1.54) is 38.9 Å². The third-order valence-corrected chi connectivity index (χ3v) is 14.6.